The van der Waals surface area contributed by atoms with Crippen molar-refractivity contribution in [3.63, 3.8) is 0 Å². The van der Waals surface area contributed by atoms with E-state index in [9.17, 15) is 4.79 Å². The summed E-state index contributed by atoms with van der Waals surface area (Å²) in [5.74, 6) is -0.376. The van der Waals surface area contributed by atoms with E-state index in [1.165, 1.54) is 0 Å². The van der Waals surface area contributed by atoms with Gasteiger partial charge in [0.1, 0.15) is 5.75 Å². The number of ether oxygens (including phenoxy) is 1. The zero-order valence-electron chi connectivity index (χ0n) is 11.8. The van der Waals surface area contributed by atoms with Crippen molar-refractivity contribution in [3.8, 4) is 5.75 Å². The summed E-state index contributed by atoms with van der Waals surface area (Å²) < 4.78 is 4.92. The first-order valence-electron chi connectivity index (χ1n) is 6.21. The first kappa shape index (κ1) is 18.8. The van der Waals surface area contributed by atoms with Crippen molar-refractivity contribution in [2.75, 3.05) is 13.2 Å². The quantitative estimate of drug-likeness (QED) is 0.867. The number of aryl methyl sites for hydroxylation is 1. The molecule has 1 aromatic rings. The number of carboxylic acids is 1. The second-order valence-electron chi connectivity index (χ2n) is 3.28. The fourth-order valence-electron chi connectivity index (χ4n) is 0.780. The lowest BCUT2D eigenvalue weighted by molar-refractivity contribution is -0.139. The van der Waals surface area contributed by atoms with Crippen LogP contribution in [0.1, 0.15) is 32.8 Å². The van der Waals surface area contributed by atoms with E-state index in [1.54, 1.807) is 12.1 Å². The molecule has 18 heavy (non-hydrogen) atoms. The van der Waals surface area contributed by atoms with Gasteiger partial charge in [-0.25, -0.2) is 4.79 Å². The fourth-order valence-corrected chi connectivity index (χ4v) is 0.780. The Morgan fingerprint density at radius 2 is 1.72 bits per heavy atom. The third kappa shape index (κ3) is 12.5. The first-order valence-corrected chi connectivity index (χ1v) is 6.21. The molecule has 0 saturated heterocycles. The Labute approximate surface area is 110 Å². The van der Waals surface area contributed by atoms with Gasteiger partial charge >= 0.3 is 5.97 Å². The van der Waals surface area contributed by atoms with Gasteiger partial charge in [-0.15, -0.1) is 0 Å². The van der Waals surface area contributed by atoms with Gasteiger partial charge in [-0.2, -0.15) is 0 Å². The Kier molecular flexibility index (Phi) is 14.1. The molecule has 0 bridgehead atoms. The van der Waals surface area contributed by atoms with Crippen LogP contribution in [0.3, 0.4) is 0 Å². The third-order valence-corrected chi connectivity index (χ3v) is 1.67. The predicted octanol–water partition coefficient (Wildman–Crippen LogP) is 2.84. The van der Waals surface area contributed by atoms with Crippen LogP contribution in [0.15, 0.2) is 24.3 Å². The molecule has 0 aromatic heterocycles. The highest BCUT2D eigenvalue weighted by molar-refractivity contribution is 5.68. The molecule has 0 saturated carbocycles. The maximum Gasteiger partial charge on any atom is 0.341 e. The van der Waals surface area contributed by atoms with Crippen LogP contribution < -0.4 is 10.5 Å². The first-order chi connectivity index (χ1) is 8.60. The summed E-state index contributed by atoms with van der Waals surface area (Å²) in [6.45, 7) is 8.55. The van der Waals surface area contributed by atoms with Gasteiger partial charge in [-0.1, -0.05) is 38.5 Å². The second kappa shape index (κ2) is 13.5. The highest BCUT2D eigenvalue weighted by Gasteiger charge is 1.97. The lowest BCUT2D eigenvalue weighted by atomic mass is 10.2. The van der Waals surface area contributed by atoms with Crippen LogP contribution >= 0.6 is 0 Å². The molecule has 0 fully saturated rings. The molecule has 0 amide bonds. The summed E-state index contributed by atoms with van der Waals surface area (Å²) in [5, 5.41) is 8.30. The lowest BCUT2D eigenvalue weighted by Crippen LogP contribution is -2.09. The molecule has 0 aliphatic rings. The van der Waals surface area contributed by atoms with E-state index in [0.29, 0.717) is 5.75 Å². The SMILES string of the molecule is CC.CCCN.Cc1ccc(OCC(=O)O)cc1. The molecule has 0 heterocycles. The number of benzene rings is 1. The molecule has 0 unspecified atom stereocenters. The molecule has 0 aliphatic carbocycles. The van der Waals surface area contributed by atoms with Crippen LogP contribution in [0.25, 0.3) is 0 Å². The molecule has 0 aliphatic heterocycles. The third-order valence-electron chi connectivity index (χ3n) is 1.67. The highest BCUT2D eigenvalue weighted by atomic mass is 16.5. The Hall–Kier alpha value is -1.55. The van der Waals surface area contributed by atoms with Gasteiger partial charge in [-0.3, -0.25) is 0 Å². The minimum atomic E-state index is -0.962. The van der Waals surface area contributed by atoms with Crippen molar-refractivity contribution in [2.24, 2.45) is 5.73 Å². The molecule has 3 N–H and O–H groups in total. The smallest absolute Gasteiger partial charge is 0.341 e. The standard InChI is InChI=1S/C9H10O3.C3H9N.C2H6/c1-7-2-4-8(5-3-7)12-6-9(10)11;1-2-3-4;1-2/h2-5H,6H2,1H3,(H,10,11);2-4H2,1H3;1-2H3. The predicted molar refractivity (Wildman–Crippen MR) is 75.0 cm³/mol. The summed E-state index contributed by atoms with van der Waals surface area (Å²) >= 11 is 0. The van der Waals surface area contributed by atoms with Crippen molar-refractivity contribution in [3.05, 3.63) is 29.8 Å². The molecular formula is C14H25NO3. The van der Waals surface area contributed by atoms with E-state index >= 15 is 0 Å². The van der Waals surface area contributed by atoms with Crippen molar-refractivity contribution in [1.82, 2.24) is 0 Å². The normalized spacial score (nSPS) is 8.28. The van der Waals surface area contributed by atoms with Gasteiger partial charge in [0, 0.05) is 0 Å². The fraction of sp³-hybridized carbons (Fsp3) is 0.500. The van der Waals surface area contributed by atoms with E-state index in [-0.39, 0.29) is 6.61 Å². The Balaban J connectivity index is 0. The van der Waals surface area contributed by atoms with Crippen LogP contribution in [-0.4, -0.2) is 24.2 Å². The molecule has 104 valence electrons. The van der Waals surface area contributed by atoms with E-state index in [2.05, 4.69) is 6.92 Å². The van der Waals surface area contributed by atoms with E-state index in [0.717, 1.165) is 18.5 Å². The maximum atomic E-state index is 10.1. The van der Waals surface area contributed by atoms with E-state index in [1.807, 2.05) is 32.9 Å². The Bertz CT molecular complexity index is 294. The summed E-state index contributed by atoms with van der Waals surface area (Å²) in [7, 11) is 0. The molecule has 0 spiro atoms. The average molecular weight is 255 g/mol. The molecule has 4 heteroatoms. The molecule has 1 rings (SSSR count). The number of hydrogen-bond acceptors (Lipinski definition) is 3. The van der Waals surface area contributed by atoms with Crippen LogP contribution in [0, 0.1) is 6.92 Å². The average Bonchev–Trinajstić information content (AvgIpc) is 2.40. The highest BCUT2D eigenvalue weighted by Crippen LogP contribution is 2.10. The van der Waals surface area contributed by atoms with Gasteiger partial charge in [-0.05, 0) is 32.0 Å². The van der Waals surface area contributed by atoms with Crippen molar-refractivity contribution in [1.29, 1.82) is 0 Å². The molecular weight excluding hydrogens is 230 g/mol. The zero-order valence-corrected chi connectivity index (χ0v) is 11.8. The largest absolute Gasteiger partial charge is 0.482 e. The number of carboxylic acid groups (broad SMARTS) is 1. The van der Waals surface area contributed by atoms with Gasteiger partial charge in [0.05, 0.1) is 0 Å². The summed E-state index contributed by atoms with van der Waals surface area (Å²) in [4.78, 5) is 10.1. The van der Waals surface area contributed by atoms with Crippen molar-refractivity contribution < 1.29 is 14.6 Å². The monoisotopic (exact) mass is 255 g/mol. The van der Waals surface area contributed by atoms with E-state index in [4.69, 9.17) is 15.6 Å². The van der Waals surface area contributed by atoms with Crippen LogP contribution in [0.2, 0.25) is 0 Å². The van der Waals surface area contributed by atoms with Crippen LogP contribution in [0.4, 0.5) is 0 Å². The molecule has 0 radical (unpaired) electrons. The summed E-state index contributed by atoms with van der Waals surface area (Å²) in [6.07, 6.45) is 1.10. The lowest BCUT2D eigenvalue weighted by Gasteiger charge is -2.01. The molecule has 1 aromatic carbocycles. The minimum Gasteiger partial charge on any atom is -0.482 e. The van der Waals surface area contributed by atoms with Crippen molar-refractivity contribution in [2.45, 2.75) is 34.1 Å². The zero-order chi connectivity index (χ0) is 14.4. The van der Waals surface area contributed by atoms with Gasteiger partial charge in [0.2, 0.25) is 0 Å². The minimum absolute atomic E-state index is 0.289. The van der Waals surface area contributed by atoms with Gasteiger partial charge < -0.3 is 15.6 Å². The topological polar surface area (TPSA) is 72.5 Å². The number of hydrogen-bond donors (Lipinski definition) is 2. The maximum absolute atomic E-state index is 10.1. The summed E-state index contributed by atoms with van der Waals surface area (Å²) in [5.41, 5.74) is 6.15. The number of nitrogens with two attached hydrogens (primary N) is 1. The number of carbonyl (C=O) groups is 1. The Morgan fingerprint density at radius 3 is 2.06 bits per heavy atom. The molecule has 0 atom stereocenters. The van der Waals surface area contributed by atoms with Gasteiger partial charge in [0.25, 0.3) is 0 Å². The van der Waals surface area contributed by atoms with Crippen LogP contribution in [0.5, 0.6) is 5.75 Å². The van der Waals surface area contributed by atoms with E-state index < -0.39 is 5.97 Å². The summed E-state index contributed by atoms with van der Waals surface area (Å²) in [6, 6.07) is 7.24. The van der Waals surface area contributed by atoms with Crippen molar-refractivity contribution >= 4 is 5.97 Å². The molecule has 4 nitrogen and oxygen atoms in total. The van der Waals surface area contributed by atoms with Crippen LogP contribution in [-0.2, 0) is 4.79 Å². The second-order valence-corrected chi connectivity index (χ2v) is 3.28. The Morgan fingerprint density at radius 1 is 1.28 bits per heavy atom. The number of rotatable bonds is 4. The number of aliphatic carboxylic acids is 1. The van der Waals surface area contributed by atoms with Gasteiger partial charge in [0.15, 0.2) is 6.61 Å².